The summed E-state index contributed by atoms with van der Waals surface area (Å²) in [5.74, 6) is 1.74. The van der Waals surface area contributed by atoms with Gasteiger partial charge in [0.15, 0.2) is 5.96 Å². The van der Waals surface area contributed by atoms with Gasteiger partial charge >= 0.3 is 0 Å². The lowest BCUT2D eigenvalue weighted by Crippen LogP contribution is -2.41. The van der Waals surface area contributed by atoms with Crippen molar-refractivity contribution in [1.29, 1.82) is 0 Å². The number of ether oxygens (including phenoxy) is 1. The minimum Gasteiger partial charge on any atom is -0.492 e. The fourth-order valence-electron chi connectivity index (χ4n) is 2.06. The van der Waals surface area contributed by atoms with Gasteiger partial charge in [0.2, 0.25) is 5.91 Å². The number of halogens is 1. The lowest BCUT2D eigenvalue weighted by Gasteiger charge is -2.22. The summed E-state index contributed by atoms with van der Waals surface area (Å²) in [4.78, 5) is 18.1. The molecular weight excluding hydrogens is 443 g/mol. The molecule has 26 heavy (non-hydrogen) atoms. The zero-order chi connectivity index (χ0) is 18.7. The lowest BCUT2D eigenvalue weighted by atomic mass is 10.2. The molecule has 6 nitrogen and oxygen atoms in total. The van der Waals surface area contributed by atoms with Gasteiger partial charge in [-0.05, 0) is 26.0 Å². The van der Waals surface area contributed by atoms with Crippen LogP contribution in [-0.2, 0) is 4.79 Å². The molecule has 7 heteroatoms. The van der Waals surface area contributed by atoms with Crippen LogP contribution in [0, 0.1) is 12.8 Å². The smallest absolute Gasteiger partial charge is 0.222 e. The predicted octanol–water partition coefficient (Wildman–Crippen LogP) is 2.66. The van der Waals surface area contributed by atoms with Crippen LogP contribution < -0.4 is 15.4 Å². The van der Waals surface area contributed by atoms with Crippen LogP contribution in [0.3, 0.4) is 0 Å². The van der Waals surface area contributed by atoms with Gasteiger partial charge in [-0.15, -0.1) is 24.0 Å². The summed E-state index contributed by atoms with van der Waals surface area (Å²) in [7, 11) is 1.98. The maximum absolute atomic E-state index is 11.5. The number of carbonyl (C=O) groups is 1. The molecule has 1 amide bonds. The second-order valence-electron chi connectivity index (χ2n) is 6.26. The van der Waals surface area contributed by atoms with Crippen LogP contribution in [-0.4, -0.2) is 56.6 Å². The number of aliphatic imine (C=N–C) groups is 1. The summed E-state index contributed by atoms with van der Waals surface area (Å²) in [5.41, 5.74) is 1.22. The highest BCUT2D eigenvalue weighted by Gasteiger charge is 2.07. The fraction of sp³-hybridized carbons (Fsp3) is 0.579. The van der Waals surface area contributed by atoms with E-state index in [9.17, 15) is 4.79 Å². The molecule has 0 aromatic heterocycles. The summed E-state index contributed by atoms with van der Waals surface area (Å²) < 4.78 is 5.76. The average molecular weight is 476 g/mol. The zero-order valence-corrected chi connectivity index (χ0v) is 18.9. The second-order valence-corrected chi connectivity index (χ2v) is 6.26. The van der Waals surface area contributed by atoms with E-state index in [1.54, 1.807) is 0 Å². The van der Waals surface area contributed by atoms with Crippen molar-refractivity contribution in [3.63, 3.8) is 0 Å². The van der Waals surface area contributed by atoms with Crippen molar-refractivity contribution < 1.29 is 9.53 Å². The molecule has 0 fully saturated rings. The first-order valence-corrected chi connectivity index (χ1v) is 8.90. The van der Waals surface area contributed by atoms with E-state index in [0.717, 1.165) is 24.8 Å². The summed E-state index contributed by atoms with van der Waals surface area (Å²) in [6.45, 7) is 11.0. The third kappa shape index (κ3) is 9.84. The van der Waals surface area contributed by atoms with Gasteiger partial charge in [-0.25, -0.2) is 0 Å². The van der Waals surface area contributed by atoms with Gasteiger partial charge in [0.25, 0.3) is 0 Å². The molecule has 0 aliphatic heterocycles. The zero-order valence-electron chi connectivity index (χ0n) is 16.5. The molecule has 0 bridgehead atoms. The van der Waals surface area contributed by atoms with Crippen molar-refractivity contribution in [2.75, 3.05) is 39.8 Å². The molecule has 148 valence electrons. The monoisotopic (exact) mass is 476 g/mol. The van der Waals surface area contributed by atoms with Crippen LogP contribution in [0.5, 0.6) is 5.75 Å². The standard InChI is InChI=1S/C19H32N4O2.HI/c1-6-20-19(22-12-11-21-18(24)15(2)3)23(5)13-14-25-17-9-7-16(4)8-10-17;/h7-10,15H,6,11-14H2,1-5H3,(H,20,22)(H,21,24);1H. The van der Waals surface area contributed by atoms with Crippen molar-refractivity contribution in [3.05, 3.63) is 29.8 Å². The number of hydrogen-bond donors (Lipinski definition) is 2. The Labute approximate surface area is 174 Å². The maximum atomic E-state index is 11.5. The summed E-state index contributed by atoms with van der Waals surface area (Å²) in [5, 5.41) is 6.13. The molecule has 0 unspecified atom stereocenters. The van der Waals surface area contributed by atoms with Gasteiger partial charge in [0.1, 0.15) is 12.4 Å². The first-order valence-electron chi connectivity index (χ1n) is 8.90. The Morgan fingerprint density at radius 3 is 2.46 bits per heavy atom. The number of likely N-dealkylation sites (N-methyl/N-ethyl adjacent to an activating group) is 1. The molecule has 0 heterocycles. The summed E-state index contributed by atoms with van der Waals surface area (Å²) in [6, 6.07) is 8.03. The second kappa shape index (κ2) is 13.7. The van der Waals surface area contributed by atoms with Crippen LogP contribution in [0.4, 0.5) is 0 Å². The van der Waals surface area contributed by atoms with E-state index in [-0.39, 0.29) is 35.8 Å². The molecule has 2 N–H and O–H groups in total. The number of aryl methyl sites for hydroxylation is 1. The minimum absolute atomic E-state index is 0. The van der Waals surface area contributed by atoms with Crippen molar-refractivity contribution in [1.82, 2.24) is 15.5 Å². The first-order chi connectivity index (χ1) is 11.9. The van der Waals surface area contributed by atoms with Crippen LogP contribution in [0.2, 0.25) is 0 Å². The number of hydrogen-bond acceptors (Lipinski definition) is 3. The third-order valence-corrected chi connectivity index (χ3v) is 3.61. The van der Waals surface area contributed by atoms with Gasteiger partial charge in [-0.2, -0.15) is 0 Å². The number of carbonyl (C=O) groups excluding carboxylic acids is 1. The largest absolute Gasteiger partial charge is 0.492 e. The Hall–Kier alpha value is -1.51. The Kier molecular flexibility index (Phi) is 12.9. The van der Waals surface area contributed by atoms with E-state index >= 15 is 0 Å². The fourth-order valence-corrected chi connectivity index (χ4v) is 2.06. The molecule has 1 rings (SSSR count). The highest BCUT2D eigenvalue weighted by Crippen LogP contribution is 2.11. The average Bonchev–Trinajstić information content (AvgIpc) is 2.58. The predicted molar refractivity (Wildman–Crippen MR) is 119 cm³/mol. The Morgan fingerprint density at radius 1 is 1.23 bits per heavy atom. The van der Waals surface area contributed by atoms with Gasteiger partial charge in [0.05, 0.1) is 13.1 Å². The van der Waals surface area contributed by atoms with Gasteiger partial charge in [-0.3, -0.25) is 9.79 Å². The Balaban J connectivity index is 0.00000625. The first kappa shape index (κ1) is 24.5. The normalized spacial score (nSPS) is 10.9. The van der Waals surface area contributed by atoms with E-state index in [4.69, 9.17) is 4.74 Å². The SMILES string of the molecule is CCNC(=NCCNC(=O)C(C)C)N(C)CCOc1ccc(C)cc1.I. The molecule has 0 aliphatic rings. The van der Waals surface area contributed by atoms with E-state index in [2.05, 4.69) is 22.5 Å². The number of rotatable bonds is 9. The van der Waals surface area contributed by atoms with Crippen LogP contribution in [0.15, 0.2) is 29.3 Å². The Bertz CT molecular complexity index is 547. The quantitative estimate of drug-likeness (QED) is 0.249. The topological polar surface area (TPSA) is 66.0 Å². The van der Waals surface area contributed by atoms with Gasteiger partial charge in [0, 0.05) is 26.1 Å². The van der Waals surface area contributed by atoms with Crippen molar-refractivity contribution in [2.45, 2.75) is 27.7 Å². The highest BCUT2D eigenvalue weighted by atomic mass is 127. The number of amides is 1. The molecule has 0 saturated carbocycles. The Morgan fingerprint density at radius 2 is 1.88 bits per heavy atom. The molecule has 1 aromatic rings. The molecular formula is C19H33IN4O2. The van der Waals surface area contributed by atoms with E-state index in [0.29, 0.717) is 19.7 Å². The summed E-state index contributed by atoms with van der Waals surface area (Å²) in [6.07, 6.45) is 0. The molecule has 0 saturated heterocycles. The summed E-state index contributed by atoms with van der Waals surface area (Å²) >= 11 is 0. The lowest BCUT2D eigenvalue weighted by molar-refractivity contribution is -0.123. The highest BCUT2D eigenvalue weighted by molar-refractivity contribution is 14.0. The molecule has 0 spiro atoms. The third-order valence-electron chi connectivity index (χ3n) is 3.61. The number of benzene rings is 1. The molecule has 1 aromatic carbocycles. The maximum Gasteiger partial charge on any atom is 0.222 e. The van der Waals surface area contributed by atoms with Crippen molar-refractivity contribution in [3.8, 4) is 5.75 Å². The number of guanidine groups is 1. The number of nitrogens with one attached hydrogen (secondary N) is 2. The number of nitrogens with zero attached hydrogens (tertiary/aromatic N) is 2. The van der Waals surface area contributed by atoms with Crippen molar-refractivity contribution in [2.24, 2.45) is 10.9 Å². The van der Waals surface area contributed by atoms with Gasteiger partial charge < -0.3 is 20.3 Å². The van der Waals surface area contributed by atoms with E-state index in [1.165, 1.54) is 5.56 Å². The van der Waals surface area contributed by atoms with Crippen LogP contribution in [0.25, 0.3) is 0 Å². The van der Waals surface area contributed by atoms with Gasteiger partial charge in [-0.1, -0.05) is 31.5 Å². The van der Waals surface area contributed by atoms with Crippen molar-refractivity contribution >= 4 is 35.8 Å². The van der Waals surface area contributed by atoms with Crippen LogP contribution in [0.1, 0.15) is 26.3 Å². The van der Waals surface area contributed by atoms with Crippen LogP contribution >= 0.6 is 24.0 Å². The minimum atomic E-state index is -0.00110. The van der Waals surface area contributed by atoms with E-state index < -0.39 is 0 Å². The molecule has 0 atom stereocenters. The molecule has 0 radical (unpaired) electrons. The molecule has 0 aliphatic carbocycles. The van der Waals surface area contributed by atoms with E-state index in [1.807, 2.05) is 57.0 Å².